The fraction of sp³-hybridized carbons (Fsp3) is 0.429. The van der Waals surface area contributed by atoms with Gasteiger partial charge in [0.1, 0.15) is 5.01 Å². The number of nitrogens with one attached hydrogen (secondary N) is 1. The first-order chi connectivity index (χ1) is 17.2. The molecule has 2 saturated heterocycles. The number of rotatable bonds is 8. The largest absolute Gasteiger partial charge is 0.374 e. The van der Waals surface area contributed by atoms with Crippen LogP contribution in [0.4, 0.5) is 11.4 Å². The van der Waals surface area contributed by atoms with Gasteiger partial charge in [-0.15, -0.1) is 11.3 Å². The third-order valence-electron chi connectivity index (χ3n) is 7.68. The van der Waals surface area contributed by atoms with E-state index in [1.165, 1.54) is 36.4 Å². The zero-order valence-electron chi connectivity index (χ0n) is 19.9. The molecule has 2 aliphatic heterocycles. The number of fused-ring (bicyclic) bond motifs is 1. The summed E-state index contributed by atoms with van der Waals surface area (Å²) in [5, 5.41) is 6.30. The standard InChI is InChI=1S/C28H32N4O2S/c33-28(21-6-4-20(5-7-21)19-34-25-2-1-3-25)30-23-8-10-24(11-9-23)32-14-12-22-16-31(17-26(22)32)18-27-29-13-15-35-27/h4-11,13,15,22,25-26H,1-3,12,14,16-19H2,(H,30,33)/t22-,26+/m1/s1. The molecule has 0 spiro atoms. The highest BCUT2D eigenvalue weighted by Crippen LogP contribution is 2.36. The molecule has 3 fully saturated rings. The predicted molar refractivity (Wildman–Crippen MR) is 140 cm³/mol. The van der Waals surface area contributed by atoms with Crippen molar-refractivity contribution >= 4 is 28.6 Å². The van der Waals surface area contributed by atoms with E-state index < -0.39 is 0 Å². The molecule has 3 heterocycles. The fourth-order valence-electron chi connectivity index (χ4n) is 5.46. The molecular weight excluding hydrogens is 456 g/mol. The van der Waals surface area contributed by atoms with Crippen LogP contribution in [0.15, 0.2) is 60.1 Å². The first-order valence-electron chi connectivity index (χ1n) is 12.7. The van der Waals surface area contributed by atoms with E-state index in [0.717, 1.165) is 43.3 Å². The normalized spacial score (nSPS) is 22.2. The first kappa shape index (κ1) is 22.7. The topological polar surface area (TPSA) is 57.7 Å². The molecule has 2 aromatic carbocycles. The molecule has 182 valence electrons. The van der Waals surface area contributed by atoms with Gasteiger partial charge in [-0.2, -0.15) is 0 Å². The van der Waals surface area contributed by atoms with E-state index in [2.05, 4.69) is 37.6 Å². The van der Waals surface area contributed by atoms with Gasteiger partial charge in [-0.3, -0.25) is 9.69 Å². The molecule has 2 atom stereocenters. The summed E-state index contributed by atoms with van der Waals surface area (Å²) >= 11 is 1.74. The highest BCUT2D eigenvalue weighted by Gasteiger charge is 2.41. The fourth-order valence-corrected chi connectivity index (χ4v) is 6.12. The summed E-state index contributed by atoms with van der Waals surface area (Å²) in [6.07, 6.45) is 7.16. The predicted octanol–water partition coefficient (Wildman–Crippen LogP) is 5.18. The number of benzene rings is 2. The summed E-state index contributed by atoms with van der Waals surface area (Å²) in [5.41, 5.74) is 3.83. The van der Waals surface area contributed by atoms with Crippen LogP contribution in [0.5, 0.6) is 0 Å². The van der Waals surface area contributed by atoms with E-state index in [1.54, 1.807) is 11.3 Å². The van der Waals surface area contributed by atoms with Crippen LogP contribution in [-0.2, 0) is 17.9 Å². The highest BCUT2D eigenvalue weighted by molar-refractivity contribution is 7.09. The van der Waals surface area contributed by atoms with Crippen molar-refractivity contribution in [1.29, 1.82) is 0 Å². The zero-order chi connectivity index (χ0) is 23.6. The summed E-state index contributed by atoms with van der Waals surface area (Å²) in [4.78, 5) is 22.3. The molecular formula is C28H32N4O2S. The second-order valence-corrected chi connectivity index (χ2v) is 11.0. The molecule has 1 saturated carbocycles. The van der Waals surface area contributed by atoms with Crippen LogP contribution in [0.3, 0.4) is 0 Å². The number of hydrogen-bond acceptors (Lipinski definition) is 6. The Bertz CT molecular complexity index is 1130. The van der Waals surface area contributed by atoms with Crippen LogP contribution < -0.4 is 10.2 Å². The van der Waals surface area contributed by atoms with E-state index in [1.807, 2.05) is 42.6 Å². The second-order valence-electron chi connectivity index (χ2n) is 9.99. The molecule has 1 amide bonds. The third-order valence-corrected chi connectivity index (χ3v) is 8.44. The van der Waals surface area contributed by atoms with Gasteiger partial charge in [0, 0.05) is 54.2 Å². The number of likely N-dealkylation sites (tertiary alicyclic amines) is 1. The summed E-state index contributed by atoms with van der Waals surface area (Å²) in [7, 11) is 0. The Morgan fingerprint density at radius 1 is 1.06 bits per heavy atom. The van der Waals surface area contributed by atoms with Crippen molar-refractivity contribution in [2.24, 2.45) is 5.92 Å². The summed E-state index contributed by atoms with van der Waals surface area (Å²) < 4.78 is 5.86. The first-order valence-corrected chi connectivity index (χ1v) is 13.6. The number of anilines is 2. The molecule has 1 N–H and O–H groups in total. The van der Waals surface area contributed by atoms with Crippen LogP contribution in [0.25, 0.3) is 0 Å². The van der Waals surface area contributed by atoms with E-state index >= 15 is 0 Å². The van der Waals surface area contributed by atoms with Crippen LogP contribution >= 0.6 is 11.3 Å². The molecule has 7 heteroatoms. The number of ether oxygens (including phenoxy) is 1. The van der Waals surface area contributed by atoms with Gasteiger partial charge in [-0.05, 0) is 73.6 Å². The van der Waals surface area contributed by atoms with Crippen LogP contribution in [0, 0.1) is 5.92 Å². The zero-order valence-corrected chi connectivity index (χ0v) is 20.8. The molecule has 3 aromatic rings. The van der Waals surface area contributed by atoms with Gasteiger partial charge in [-0.1, -0.05) is 12.1 Å². The molecule has 0 radical (unpaired) electrons. The van der Waals surface area contributed by atoms with Gasteiger partial charge in [0.25, 0.3) is 5.91 Å². The SMILES string of the molecule is O=C(Nc1ccc(N2CC[C@@H]3CN(Cc4nccs4)C[C@@H]32)cc1)c1ccc(COC2CCC2)cc1. The molecule has 0 unspecified atom stereocenters. The van der Waals surface area contributed by atoms with Gasteiger partial charge < -0.3 is 15.0 Å². The van der Waals surface area contributed by atoms with Crippen molar-refractivity contribution in [3.63, 3.8) is 0 Å². The lowest BCUT2D eigenvalue weighted by Gasteiger charge is -2.27. The van der Waals surface area contributed by atoms with E-state index in [0.29, 0.717) is 24.3 Å². The molecule has 6 nitrogen and oxygen atoms in total. The Hall–Kier alpha value is -2.74. The number of nitrogens with zero attached hydrogens (tertiary/aromatic N) is 3. The Morgan fingerprint density at radius 3 is 2.60 bits per heavy atom. The lowest BCUT2D eigenvalue weighted by Crippen LogP contribution is -2.35. The Balaban J connectivity index is 1.03. The number of carbonyl (C=O) groups excluding carboxylic acids is 1. The maximum absolute atomic E-state index is 12.7. The number of carbonyl (C=O) groups is 1. The number of amides is 1. The summed E-state index contributed by atoms with van der Waals surface area (Å²) in [5.74, 6) is 0.635. The monoisotopic (exact) mass is 488 g/mol. The third kappa shape index (κ3) is 5.13. The van der Waals surface area contributed by atoms with Gasteiger partial charge in [0.05, 0.1) is 19.3 Å². The van der Waals surface area contributed by atoms with Crippen molar-refractivity contribution in [1.82, 2.24) is 9.88 Å². The molecule has 3 aliphatic rings. The van der Waals surface area contributed by atoms with Gasteiger partial charge >= 0.3 is 0 Å². The molecule has 1 aliphatic carbocycles. The van der Waals surface area contributed by atoms with Gasteiger partial charge in [-0.25, -0.2) is 4.98 Å². The Labute approximate surface area is 210 Å². The lowest BCUT2D eigenvalue weighted by molar-refractivity contribution is -0.00866. The van der Waals surface area contributed by atoms with E-state index in [-0.39, 0.29) is 5.91 Å². The van der Waals surface area contributed by atoms with E-state index in [9.17, 15) is 4.79 Å². The maximum Gasteiger partial charge on any atom is 0.255 e. The average molecular weight is 489 g/mol. The molecule has 1 aromatic heterocycles. The minimum atomic E-state index is -0.0842. The van der Waals surface area contributed by atoms with Crippen molar-refractivity contribution in [3.8, 4) is 0 Å². The molecule has 35 heavy (non-hydrogen) atoms. The Kier molecular flexibility index (Phi) is 6.55. The van der Waals surface area contributed by atoms with Crippen LogP contribution in [0.1, 0.15) is 46.6 Å². The summed E-state index contributed by atoms with van der Waals surface area (Å²) in [6, 6.07) is 16.6. The average Bonchev–Trinajstić information content (AvgIpc) is 3.58. The smallest absolute Gasteiger partial charge is 0.255 e. The van der Waals surface area contributed by atoms with Crippen molar-refractivity contribution < 1.29 is 9.53 Å². The van der Waals surface area contributed by atoms with Crippen molar-refractivity contribution in [2.75, 3.05) is 29.9 Å². The number of aromatic nitrogens is 1. The summed E-state index contributed by atoms with van der Waals surface area (Å²) in [6.45, 7) is 4.92. The van der Waals surface area contributed by atoms with Crippen molar-refractivity contribution in [2.45, 2.75) is 51.0 Å². The Morgan fingerprint density at radius 2 is 1.89 bits per heavy atom. The number of hydrogen-bond donors (Lipinski definition) is 1. The second kappa shape index (κ2) is 10.1. The molecule has 0 bridgehead atoms. The quantitative estimate of drug-likeness (QED) is 0.474. The van der Waals surface area contributed by atoms with Crippen LogP contribution in [-0.4, -0.2) is 47.6 Å². The highest BCUT2D eigenvalue weighted by atomic mass is 32.1. The van der Waals surface area contributed by atoms with Gasteiger partial charge in [0.15, 0.2) is 0 Å². The number of thiazole rings is 1. The van der Waals surface area contributed by atoms with Crippen molar-refractivity contribution in [3.05, 3.63) is 76.2 Å². The lowest BCUT2D eigenvalue weighted by atomic mass is 9.96. The van der Waals surface area contributed by atoms with Gasteiger partial charge in [0.2, 0.25) is 0 Å². The van der Waals surface area contributed by atoms with Crippen LogP contribution in [0.2, 0.25) is 0 Å². The van der Waals surface area contributed by atoms with E-state index in [4.69, 9.17) is 4.74 Å². The minimum Gasteiger partial charge on any atom is -0.374 e. The maximum atomic E-state index is 12.7. The molecule has 6 rings (SSSR count). The minimum absolute atomic E-state index is 0.0842.